The minimum absolute atomic E-state index is 0.0292. The molecular weight excluding hydrogens is 342 g/mol. The normalized spacial score (nSPS) is 17.5. The van der Waals surface area contributed by atoms with Gasteiger partial charge >= 0.3 is 0 Å². The van der Waals surface area contributed by atoms with Gasteiger partial charge in [-0.2, -0.15) is 0 Å². The van der Waals surface area contributed by atoms with Crippen LogP contribution < -0.4 is 5.73 Å². The van der Waals surface area contributed by atoms with Gasteiger partial charge in [-0.1, -0.05) is 24.3 Å². The number of aromatic nitrogens is 2. The molecule has 2 aliphatic heterocycles. The number of carbonyl (C=O) groups is 2. The van der Waals surface area contributed by atoms with E-state index in [2.05, 4.69) is 22.1 Å². The van der Waals surface area contributed by atoms with Gasteiger partial charge in [-0.25, -0.2) is 9.97 Å². The van der Waals surface area contributed by atoms with Crippen LogP contribution in [0.25, 0.3) is 0 Å². The first-order chi connectivity index (χ1) is 13.1. The van der Waals surface area contributed by atoms with Gasteiger partial charge in [-0.3, -0.25) is 9.59 Å². The third kappa shape index (κ3) is 3.49. The third-order valence-electron chi connectivity index (χ3n) is 5.50. The van der Waals surface area contributed by atoms with Crippen LogP contribution in [0.1, 0.15) is 34.5 Å². The second-order valence-corrected chi connectivity index (χ2v) is 7.14. The van der Waals surface area contributed by atoms with E-state index in [9.17, 15) is 9.59 Å². The Balaban J connectivity index is 1.36. The van der Waals surface area contributed by atoms with Gasteiger partial charge in [0.2, 0.25) is 5.91 Å². The van der Waals surface area contributed by atoms with Crippen LogP contribution in [0.5, 0.6) is 0 Å². The van der Waals surface area contributed by atoms with Crippen LogP contribution >= 0.6 is 0 Å². The van der Waals surface area contributed by atoms with E-state index in [-0.39, 0.29) is 29.2 Å². The number of hydrogen-bond donors (Lipinski definition) is 1. The van der Waals surface area contributed by atoms with Crippen LogP contribution in [0, 0.1) is 5.92 Å². The number of anilines is 1. The van der Waals surface area contributed by atoms with Crippen LogP contribution in [-0.4, -0.2) is 51.2 Å². The van der Waals surface area contributed by atoms with E-state index in [1.165, 1.54) is 23.5 Å². The lowest BCUT2D eigenvalue weighted by molar-refractivity contribution is -0.137. The first-order valence-corrected chi connectivity index (χ1v) is 9.35. The van der Waals surface area contributed by atoms with Crippen LogP contribution in [0.4, 0.5) is 5.82 Å². The number of likely N-dealkylation sites (tertiary alicyclic amines) is 1. The molecule has 7 heteroatoms. The lowest BCUT2D eigenvalue weighted by atomic mass is 9.93. The Morgan fingerprint density at radius 1 is 0.963 bits per heavy atom. The van der Waals surface area contributed by atoms with Crippen molar-refractivity contribution in [3.63, 3.8) is 0 Å². The summed E-state index contributed by atoms with van der Waals surface area (Å²) in [6.45, 7) is 2.53. The van der Waals surface area contributed by atoms with Gasteiger partial charge in [-0.05, 0) is 30.4 Å². The number of rotatable bonds is 2. The number of piperidine rings is 1. The first-order valence-electron chi connectivity index (χ1n) is 9.35. The summed E-state index contributed by atoms with van der Waals surface area (Å²) in [6.07, 6.45) is 5.18. The molecule has 1 aromatic carbocycles. The van der Waals surface area contributed by atoms with Gasteiger partial charge in [0.05, 0.1) is 0 Å². The minimum Gasteiger partial charge on any atom is -0.382 e. The highest BCUT2D eigenvalue weighted by Gasteiger charge is 2.32. The van der Waals surface area contributed by atoms with Crippen molar-refractivity contribution in [2.24, 2.45) is 5.92 Å². The van der Waals surface area contributed by atoms with Crippen LogP contribution in [-0.2, 0) is 17.8 Å². The molecular formula is C20H23N5O2. The van der Waals surface area contributed by atoms with Crippen molar-refractivity contribution in [3.05, 3.63) is 53.5 Å². The first kappa shape index (κ1) is 17.5. The molecule has 0 spiro atoms. The number of nitrogen functional groups attached to an aromatic ring is 1. The molecule has 0 aliphatic carbocycles. The van der Waals surface area contributed by atoms with E-state index >= 15 is 0 Å². The van der Waals surface area contributed by atoms with Crippen molar-refractivity contribution in [2.75, 3.05) is 25.4 Å². The zero-order valence-electron chi connectivity index (χ0n) is 15.2. The van der Waals surface area contributed by atoms with E-state index in [1.807, 2.05) is 17.0 Å². The van der Waals surface area contributed by atoms with Crippen LogP contribution in [0.3, 0.4) is 0 Å². The summed E-state index contributed by atoms with van der Waals surface area (Å²) >= 11 is 0. The van der Waals surface area contributed by atoms with Crippen molar-refractivity contribution < 1.29 is 9.59 Å². The highest BCUT2D eigenvalue weighted by Crippen LogP contribution is 2.25. The molecule has 1 aromatic heterocycles. The summed E-state index contributed by atoms with van der Waals surface area (Å²) in [5.74, 6) is 0.111. The summed E-state index contributed by atoms with van der Waals surface area (Å²) in [5.41, 5.74) is 8.52. The second kappa shape index (κ2) is 7.34. The zero-order chi connectivity index (χ0) is 18.8. The predicted molar refractivity (Wildman–Crippen MR) is 101 cm³/mol. The van der Waals surface area contributed by atoms with Crippen LogP contribution in [0.15, 0.2) is 36.7 Å². The molecule has 2 aliphatic rings. The standard InChI is InChI=1S/C20H23N5O2/c21-18-17(22-8-9-23-18)20(27)24-10-6-15(7-11-24)19(26)25-12-5-14-3-1-2-4-16(14)13-25/h1-4,8-9,15H,5-7,10-13H2,(H2,21,23). The maximum Gasteiger partial charge on any atom is 0.276 e. The van der Waals surface area contributed by atoms with Gasteiger partial charge in [0, 0.05) is 44.5 Å². The van der Waals surface area contributed by atoms with Gasteiger partial charge in [0.25, 0.3) is 5.91 Å². The molecule has 1 saturated heterocycles. The van der Waals surface area contributed by atoms with Gasteiger partial charge in [0.15, 0.2) is 11.5 Å². The summed E-state index contributed by atoms with van der Waals surface area (Å²) in [7, 11) is 0. The monoisotopic (exact) mass is 365 g/mol. The fourth-order valence-corrected chi connectivity index (χ4v) is 3.93. The topological polar surface area (TPSA) is 92.4 Å². The number of nitrogens with zero attached hydrogens (tertiary/aromatic N) is 4. The average molecular weight is 365 g/mol. The van der Waals surface area contributed by atoms with Gasteiger partial charge in [-0.15, -0.1) is 0 Å². The molecule has 2 amide bonds. The fraction of sp³-hybridized carbons (Fsp3) is 0.400. The average Bonchev–Trinajstić information content (AvgIpc) is 2.73. The molecule has 0 saturated carbocycles. The van der Waals surface area contributed by atoms with E-state index in [0.29, 0.717) is 32.5 Å². The molecule has 2 N–H and O–H groups in total. The highest BCUT2D eigenvalue weighted by atomic mass is 16.2. The summed E-state index contributed by atoms with van der Waals surface area (Å²) in [4.78, 5) is 37.2. The molecule has 7 nitrogen and oxygen atoms in total. The molecule has 2 aromatic rings. The molecule has 3 heterocycles. The summed E-state index contributed by atoms with van der Waals surface area (Å²) in [6, 6.07) is 8.31. The summed E-state index contributed by atoms with van der Waals surface area (Å²) < 4.78 is 0. The Hall–Kier alpha value is -2.96. The molecule has 27 heavy (non-hydrogen) atoms. The van der Waals surface area contributed by atoms with Crippen molar-refractivity contribution in [1.29, 1.82) is 0 Å². The number of fused-ring (bicyclic) bond motifs is 1. The summed E-state index contributed by atoms with van der Waals surface area (Å²) in [5, 5.41) is 0. The highest BCUT2D eigenvalue weighted by molar-refractivity contribution is 5.96. The van der Waals surface area contributed by atoms with Crippen molar-refractivity contribution in [1.82, 2.24) is 19.8 Å². The van der Waals surface area contributed by atoms with Crippen molar-refractivity contribution >= 4 is 17.6 Å². The number of nitrogens with two attached hydrogens (primary N) is 1. The maximum atomic E-state index is 12.9. The number of carbonyl (C=O) groups excluding carboxylic acids is 2. The Morgan fingerprint density at radius 2 is 1.67 bits per heavy atom. The number of amides is 2. The maximum absolute atomic E-state index is 12.9. The predicted octanol–water partition coefficient (Wildman–Crippen LogP) is 1.50. The van der Waals surface area contributed by atoms with E-state index < -0.39 is 0 Å². The number of hydrogen-bond acceptors (Lipinski definition) is 5. The molecule has 140 valence electrons. The molecule has 0 unspecified atom stereocenters. The van der Waals surface area contributed by atoms with Crippen LogP contribution in [0.2, 0.25) is 0 Å². The lowest BCUT2D eigenvalue weighted by Gasteiger charge is -2.36. The molecule has 0 radical (unpaired) electrons. The Bertz CT molecular complexity index is 861. The fourth-order valence-electron chi connectivity index (χ4n) is 3.93. The molecule has 4 rings (SSSR count). The largest absolute Gasteiger partial charge is 0.382 e. The third-order valence-corrected chi connectivity index (χ3v) is 5.50. The Labute approximate surface area is 158 Å². The minimum atomic E-state index is -0.210. The van der Waals surface area contributed by atoms with E-state index in [0.717, 1.165) is 13.0 Å². The zero-order valence-corrected chi connectivity index (χ0v) is 15.2. The second-order valence-electron chi connectivity index (χ2n) is 7.14. The van der Waals surface area contributed by atoms with Gasteiger partial charge < -0.3 is 15.5 Å². The van der Waals surface area contributed by atoms with E-state index in [1.54, 1.807) is 4.90 Å². The van der Waals surface area contributed by atoms with Gasteiger partial charge in [0.1, 0.15) is 0 Å². The van der Waals surface area contributed by atoms with E-state index in [4.69, 9.17) is 5.73 Å². The Kier molecular flexibility index (Phi) is 4.75. The quantitative estimate of drug-likeness (QED) is 0.871. The number of benzene rings is 1. The molecule has 0 atom stereocenters. The molecule has 1 fully saturated rings. The van der Waals surface area contributed by atoms with Crippen molar-refractivity contribution in [2.45, 2.75) is 25.8 Å². The Morgan fingerprint density at radius 3 is 2.41 bits per heavy atom. The van der Waals surface area contributed by atoms with Crippen molar-refractivity contribution in [3.8, 4) is 0 Å². The lowest BCUT2D eigenvalue weighted by Crippen LogP contribution is -2.45. The molecule has 0 bridgehead atoms. The SMILES string of the molecule is Nc1nccnc1C(=O)N1CCC(C(=O)N2CCc3ccccc3C2)CC1. The smallest absolute Gasteiger partial charge is 0.276 e.